The maximum Gasteiger partial charge on any atom is 0.232 e. The summed E-state index contributed by atoms with van der Waals surface area (Å²) >= 11 is 0. The van der Waals surface area contributed by atoms with Gasteiger partial charge in [-0.05, 0) is 13.3 Å². The summed E-state index contributed by atoms with van der Waals surface area (Å²) in [6.07, 6.45) is 2.08. The van der Waals surface area contributed by atoms with Gasteiger partial charge in [0.25, 0.3) is 0 Å². The van der Waals surface area contributed by atoms with Gasteiger partial charge < -0.3 is 9.05 Å². The number of aromatic nitrogens is 3. The molecule has 6 nitrogen and oxygen atoms in total. The average molecular weight is 232 g/mol. The van der Waals surface area contributed by atoms with E-state index in [1.54, 1.807) is 6.92 Å². The molecule has 0 aromatic carbocycles. The minimum absolute atomic E-state index is 0.330. The molecule has 0 aliphatic rings. The summed E-state index contributed by atoms with van der Waals surface area (Å²) in [7, 11) is 0. The van der Waals surface area contributed by atoms with Crippen molar-refractivity contribution in [2.75, 3.05) is 0 Å². The Hall–Kier alpha value is -2.16. The van der Waals surface area contributed by atoms with Crippen molar-refractivity contribution in [3.05, 3.63) is 28.7 Å². The molecule has 0 unspecified atom stereocenters. The maximum atomic E-state index is 8.94. The first-order valence-electron chi connectivity index (χ1n) is 5.41. The smallest absolute Gasteiger partial charge is 0.232 e. The van der Waals surface area contributed by atoms with Crippen molar-refractivity contribution in [3.8, 4) is 6.07 Å². The fourth-order valence-corrected chi connectivity index (χ4v) is 1.51. The third kappa shape index (κ3) is 2.33. The van der Waals surface area contributed by atoms with Crippen molar-refractivity contribution in [1.82, 2.24) is 15.3 Å². The molecule has 2 rings (SSSR count). The summed E-state index contributed by atoms with van der Waals surface area (Å²) in [6.45, 7) is 3.75. The van der Waals surface area contributed by atoms with E-state index in [4.69, 9.17) is 14.3 Å². The van der Waals surface area contributed by atoms with E-state index in [2.05, 4.69) is 15.3 Å². The van der Waals surface area contributed by atoms with Crippen LogP contribution in [-0.4, -0.2) is 15.3 Å². The molecular formula is C11H12N4O2. The van der Waals surface area contributed by atoms with Crippen molar-refractivity contribution in [3.63, 3.8) is 0 Å². The number of rotatable bonds is 4. The first-order valence-corrected chi connectivity index (χ1v) is 5.41. The Morgan fingerprint density at radius 1 is 1.29 bits per heavy atom. The van der Waals surface area contributed by atoms with E-state index < -0.39 is 0 Å². The molecule has 0 N–H and O–H groups in total. The van der Waals surface area contributed by atoms with Crippen molar-refractivity contribution in [1.29, 1.82) is 5.26 Å². The average Bonchev–Trinajstić information content (AvgIpc) is 2.88. The fourth-order valence-electron chi connectivity index (χ4n) is 1.51. The van der Waals surface area contributed by atoms with Gasteiger partial charge in [0, 0.05) is 6.42 Å². The van der Waals surface area contributed by atoms with Crippen LogP contribution in [0.15, 0.2) is 9.05 Å². The van der Waals surface area contributed by atoms with Crippen molar-refractivity contribution < 1.29 is 9.05 Å². The molecule has 0 bridgehead atoms. The molecule has 0 spiro atoms. The van der Waals surface area contributed by atoms with E-state index in [-0.39, 0.29) is 0 Å². The largest absolute Gasteiger partial charge is 0.360 e. The molecule has 17 heavy (non-hydrogen) atoms. The number of hydrogen-bond donors (Lipinski definition) is 0. The van der Waals surface area contributed by atoms with Crippen LogP contribution < -0.4 is 0 Å². The van der Waals surface area contributed by atoms with E-state index >= 15 is 0 Å². The Morgan fingerprint density at radius 3 is 2.82 bits per heavy atom. The number of nitriles is 1. The molecule has 0 aliphatic heterocycles. The molecule has 2 aromatic rings. The van der Waals surface area contributed by atoms with Crippen molar-refractivity contribution in [2.45, 2.75) is 33.1 Å². The van der Waals surface area contributed by atoms with Gasteiger partial charge in [0.15, 0.2) is 11.6 Å². The predicted octanol–water partition coefficient (Wildman–Crippen LogP) is 1.78. The normalized spacial score (nSPS) is 10.4. The van der Waals surface area contributed by atoms with Crippen LogP contribution in [0.3, 0.4) is 0 Å². The third-order valence-electron chi connectivity index (χ3n) is 2.35. The Bertz CT molecular complexity index is 550. The SMILES string of the molecule is CCCc1noc(Cc2noc(C)c2C#N)n1. The van der Waals surface area contributed by atoms with Gasteiger partial charge in [-0.2, -0.15) is 10.2 Å². The summed E-state index contributed by atoms with van der Waals surface area (Å²) in [5.41, 5.74) is 0.983. The third-order valence-corrected chi connectivity index (χ3v) is 2.35. The predicted molar refractivity (Wildman–Crippen MR) is 57.1 cm³/mol. The number of aryl methyl sites for hydroxylation is 2. The number of hydrogen-bond acceptors (Lipinski definition) is 6. The number of nitrogens with zero attached hydrogens (tertiary/aromatic N) is 4. The highest BCUT2D eigenvalue weighted by molar-refractivity contribution is 5.36. The Balaban J connectivity index is 2.17. The summed E-state index contributed by atoms with van der Waals surface area (Å²) in [5, 5.41) is 16.6. The van der Waals surface area contributed by atoms with E-state index in [1.807, 2.05) is 13.0 Å². The molecule has 0 aliphatic carbocycles. The van der Waals surface area contributed by atoms with Crippen LogP contribution in [0.4, 0.5) is 0 Å². The van der Waals surface area contributed by atoms with Gasteiger partial charge in [-0.1, -0.05) is 17.2 Å². The second-order valence-corrected chi connectivity index (χ2v) is 3.70. The van der Waals surface area contributed by atoms with Crippen LogP contribution in [-0.2, 0) is 12.8 Å². The van der Waals surface area contributed by atoms with Gasteiger partial charge in [0.1, 0.15) is 17.3 Å². The lowest BCUT2D eigenvalue weighted by molar-refractivity contribution is 0.368. The molecule has 6 heteroatoms. The lowest BCUT2D eigenvalue weighted by Crippen LogP contribution is -1.93. The van der Waals surface area contributed by atoms with E-state index in [0.29, 0.717) is 35.2 Å². The monoisotopic (exact) mass is 232 g/mol. The van der Waals surface area contributed by atoms with Crippen molar-refractivity contribution >= 4 is 0 Å². The lowest BCUT2D eigenvalue weighted by Gasteiger charge is -1.88. The zero-order valence-corrected chi connectivity index (χ0v) is 9.73. The second-order valence-electron chi connectivity index (χ2n) is 3.70. The van der Waals surface area contributed by atoms with E-state index in [1.165, 1.54) is 0 Å². The summed E-state index contributed by atoms with van der Waals surface area (Å²) in [5.74, 6) is 1.65. The van der Waals surface area contributed by atoms with Crippen molar-refractivity contribution in [2.24, 2.45) is 0 Å². The van der Waals surface area contributed by atoms with Gasteiger partial charge in [-0.15, -0.1) is 0 Å². The molecule has 2 heterocycles. The highest BCUT2D eigenvalue weighted by atomic mass is 16.5. The lowest BCUT2D eigenvalue weighted by atomic mass is 10.2. The molecule has 0 saturated heterocycles. The summed E-state index contributed by atoms with van der Waals surface area (Å²) < 4.78 is 10.0. The van der Waals surface area contributed by atoms with Gasteiger partial charge in [-0.25, -0.2) is 0 Å². The Labute approximate surface area is 98.2 Å². The highest BCUT2D eigenvalue weighted by Crippen LogP contribution is 2.15. The molecule has 0 fully saturated rings. The van der Waals surface area contributed by atoms with Gasteiger partial charge in [0.2, 0.25) is 5.89 Å². The zero-order chi connectivity index (χ0) is 12.3. The zero-order valence-electron chi connectivity index (χ0n) is 9.73. The quantitative estimate of drug-likeness (QED) is 0.798. The standard InChI is InChI=1S/C11H12N4O2/c1-3-4-10-13-11(17-15-10)5-9-8(6-12)7(2)16-14-9/h3-5H2,1-2H3. The second kappa shape index (κ2) is 4.78. The van der Waals surface area contributed by atoms with Crippen LogP contribution in [0.5, 0.6) is 0 Å². The molecular weight excluding hydrogens is 220 g/mol. The Morgan fingerprint density at radius 2 is 2.12 bits per heavy atom. The molecule has 0 saturated carbocycles. The summed E-state index contributed by atoms with van der Waals surface area (Å²) in [6, 6.07) is 2.05. The molecule has 88 valence electrons. The van der Waals surface area contributed by atoms with Crippen LogP contribution >= 0.6 is 0 Å². The first-order chi connectivity index (χ1) is 8.24. The topological polar surface area (TPSA) is 88.7 Å². The fraction of sp³-hybridized carbons (Fsp3) is 0.455. The molecule has 0 radical (unpaired) electrons. The highest BCUT2D eigenvalue weighted by Gasteiger charge is 2.16. The molecule has 0 amide bonds. The minimum Gasteiger partial charge on any atom is -0.360 e. The molecule has 0 atom stereocenters. The maximum absolute atomic E-state index is 8.94. The first kappa shape index (κ1) is 11.3. The van der Waals surface area contributed by atoms with Crippen LogP contribution in [0.1, 0.15) is 42.1 Å². The van der Waals surface area contributed by atoms with Crippen LogP contribution in [0, 0.1) is 18.3 Å². The van der Waals surface area contributed by atoms with E-state index in [9.17, 15) is 0 Å². The van der Waals surface area contributed by atoms with Crippen LogP contribution in [0.2, 0.25) is 0 Å². The van der Waals surface area contributed by atoms with Gasteiger partial charge >= 0.3 is 0 Å². The van der Waals surface area contributed by atoms with Gasteiger partial charge in [-0.3, -0.25) is 0 Å². The molecule has 2 aromatic heterocycles. The Kier molecular flexibility index (Phi) is 3.19. The minimum atomic E-state index is 0.330. The van der Waals surface area contributed by atoms with Crippen LogP contribution in [0.25, 0.3) is 0 Å². The van der Waals surface area contributed by atoms with E-state index in [0.717, 1.165) is 12.8 Å². The summed E-state index contributed by atoms with van der Waals surface area (Å²) in [4.78, 5) is 4.21. The van der Waals surface area contributed by atoms with Gasteiger partial charge in [0.05, 0.1) is 6.42 Å².